The quantitative estimate of drug-likeness (QED) is 0.779. The summed E-state index contributed by atoms with van der Waals surface area (Å²) in [5.41, 5.74) is 0. The minimum Gasteiger partial charge on any atom is -0.380 e. The highest BCUT2D eigenvalue weighted by atomic mass is 16.5. The van der Waals surface area contributed by atoms with E-state index >= 15 is 0 Å². The highest BCUT2D eigenvalue weighted by molar-refractivity contribution is 4.87. The van der Waals surface area contributed by atoms with Gasteiger partial charge in [-0.05, 0) is 37.6 Å². The Labute approximate surface area is 101 Å². The van der Waals surface area contributed by atoms with Crippen LogP contribution < -0.4 is 5.32 Å². The Bertz CT molecular complexity index is 185. The van der Waals surface area contributed by atoms with Crippen molar-refractivity contribution in [2.75, 3.05) is 14.2 Å². The number of ether oxygens (including phenoxy) is 1. The van der Waals surface area contributed by atoms with Crippen LogP contribution in [0, 0.1) is 17.8 Å². The number of likely N-dealkylation sites (N-methyl/N-ethyl adjacent to an activating group) is 1. The summed E-state index contributed by atoms with van der Waals surface area (Å²) in [5.74, 6) is 2.31. The second kappa shape index (κ2) is 6.61. The van der Waals surface area contributed by atoms with E-state index < -0.39 is 0 Å². The Morgan fingerprint density at radius 2 is 1.69 bits per heavy atom. The summed E-state index contributed by atoms with van der Waals surface area (Å²) in [4.78, 5) is 0. The summed E-state index contributed by atoms with van der Waals surface area (Å²) in [6.45, 7) is 6.88. The van der Waals surface area contributed by atoms with E-state index in [1.807, 2.05) is 7.11 Å². The minimum absolute atomic E-state index is 0.350. The SMILES string of the molecule is CNC(C1CCC(C)CC1)C(OC)C(C)C. The van der Waals surface area contributed by atoms with E-state index in [-0.39, 0.29) is 0 Å². The molecule has 1 saturated carbocycles. The molecule has 0 amide bonds. The lowest BCUT2D eigenvalue weighted by atomic mass is 9.76. The average molecular weight is 227 g/mol. The predicted octanol–water partition coefficient (Wildman–Crippen LogP) is 3.07. The van der Waals surface area contributed by atoms with Crippen LogP contribution in [-0.2, 0) is 4.74 Å². The van der Waals surface area contributed by atoms with Crippen LogP contribution >= 0.6 is 0 Å². The van der Waals surface area contributed by atoms with Crippen molar-refractivity contribution in [1.29, 1.82) is 0 Å². The Balaban J connectivity index is 2.58. The van der Waals surface area contributed by atoms with Gasteiger partial charge >= 0.3 is 0 Å². The molecule has 0 saturated heterocycles. The molecule has 1 aliphatic rings. The molecular weight excluding hydrogens is 198 g/mol. The monoisotopic (exact) mass is 227 g/mol. The van der Waals surface area contributed by atoms with Gasteiger partial charge < -0.3 is 10.1 Å². The van der Waals surface area contributed by atoms with Crippen LogP contribution in [0.3, 0.4) is 0 Å². The second-order valence-electron chi connectivity index (χ2n) is 5.78. The second-order valence-corrected chi connectivity index (χ2v) is 5.78. The van der Waals surface area contributed by atoms with Crippen molar-refractivity contribution < 1.29 is 4.74 Å². The zero-order valence-electron chi connectivity index (χ0n) is 11.6. The van der Waals surface area contributed by atoms with Crippen LogP contribution in [0.15, 0.2) is 0 Å². The van der Waals surface area contributed by atoms with E-state index in [1.54, 1.807) is 0 Å². The van der Waals surface area contributed by atoms with E-state index in [4.69, 9.17) is 4.74 Å². The van der Waals surface area contributed by atoms with Crippen molar-refractivity contribution in [1.82, 2.24) is 5.32 Å². The van der Waals surface area contributed by atoms with E-state index in [0.29, 0.717) is 18.1 Å². The molecular formula is C14H29NO. The van der Waals surface area contributed by atoms with Crippen molar-refractivity contribution in [3.63, 3.8) is 0 Å². The van der Waals surface area contributed by atoms with E-state index in [0.717, 1.165) is 11.8 Å². The average Bonchev–Trinajstić information content (AvgIpc) is 2.26. The predicted molar refractivity (Wildman–Crippen MR) is 69.6 cm³/mol. The third kappa shape index (κ3) is 3.46. The van der Waals surface area contributed by atoms with Gasteiger partial charge in [0.15, 0.2) is 0 Å². The fourth-order valence-electron chi connectivity index (χ4n) is 3.15. The molecule has 2 heteroatoms. The molecule has 1 aliphatic carbocycles. The van der Waals surface area contributed by atoms with Crippen molar-refractivity contribution in [2.24, 2.45) is 17.8 Å². The molecule has 0 heterocycles. The summed E-state index contributed by atoms with van der Waals surface area (Å²) >= 11 is 0. The zero-order valence-corrected chi connectivity index (χ0v) is 11.6. The minimum atomic E-state index is 0.350. The van der Waals surface area contributed by atoms with Crippen LogP contribution in [0.2, 0.25) is 0 Å². The molecule has 2 atom stereocenters. The maximum absolute atomic E-state index is 5.68. The molecule has 2 unspecified atom stereocenters. The lowest BCUT2D eigenvalue weighted by Gasteiger charge is -2.38. The van der Waals surface area contributed by atoms with Crippen molar-refractivity contribution >= 4 is 0 Å². The topological polar surface area (TPSA) is 21.3 Å². The number of hydrogen-bond donors (Lipinski definition) is 1. The molecule has 0 spiro atoms. The van der Waals surface area contributed by atoms with Crippen LogP contribution in [0.1, 0.15) is 46.5 Å². The molecule has 0 aromatic carbocycles. The van der Waals surface area contributed by atoms with Gasteiger partial charge in [0.1, 0.15) is 0 Å². The van der Waals surface area contributed by atoms with Gasteiger partial charge in [-0.25, -0.2) is 0 Å². The largest absolute Gasteiger partial charge is 0.380 e. The summed E-state index contributed by atoms with van der Waals surface area (Å²) in [7, 11) is 3.93. The summed E-state index contributed by atoms with van der Waals surface area (Å²) in [5, 5.41) is 3.49. The molecule has 1 fully saturated rings. The van der Waals surface area contributed by atoms with Gasteiger partial charge in [-0.2, -0.15) is 0 Å². The molecule has 16 heavy (non-hydrogen) atoms. The Kier molecular flexibility index (Phi) is 5.77. The first-order chi connectivity index (χ1) is 7.60. The number of nitrogens with one attached hydrogen (secondary N) is 1. The summed E-state index contributed by atoms with van der Waals surface area (Å²) in [6.07, 6.45) is 5.84. The molecule has 0 radical (unpaired) electrons. The number of hydrogen-bond acceptors (Lipinski definition) is 2. The Morgan fingerprint density at radius 3 is 2.06 bits per heavy atom. The van der Waals surface area contributed by atoms with E-state index in [2.05, 4.69) is 33.1 Å². The highest BCUT2D eigenvalue weighted by Crippen LogP contribution is 2.33. The van der Waals surface area contributed by atoms with Crippen LogP contribution in [0.4, 0.5) is 0 Å². The van der Waals surface area contributed by atoms with Gasteiger partial charge in [0.2, 0.25) is 0 Å². The van der Waals surface area contributed by atoms with Gasteiger partial charge in [-0.15, -0.1) is 0 Å². The van der Waals surface area contributed by atoms with Crippen LogP contribution in [0.5, 0.6) is 0 Å². The van der Waals surface area contributed by atoms with Crippen molar-refractivity contribution in [3.8, 4) is 0 Å². The fourth-order valence-corrected chi connectivity index (χ4v) is 3.15. The van der Waals surface area contributed by atoms with Gasteiger partial charge in [0, 0.05) is 13.2 Å². The normalized spacial score (nSPS) is 30.4. The maximum Gasteiger partial charge on any atom is 0.0749 e. The number of methoxy groups -OCH3 is 1. The third-order valence-electron chi connectivity index (χ3n) is 4.18. The Morgan fingerprint density at radius 1 is 1.12 bits per heavy atom. The number of rotatable bonds is 5. The molecule has 1 N–H and O–H groups in total. The lowest BCUT2D eigenvalue weighted by molar-refractivity contribution is 0.00869. The van der Waals surface area contributed by atoms with Crippen LogP contribution in [-0.4, -0.2) is 26.3 Å². The first-order valence-electron chi connectivity index (χ1n) is 6.80. The fraction of sp³-hybridized carbons (Fsp3) is 1.00. The van der Waals surface area contributed by atoms with Crippen molar-refractivity contribution in [3.05, 3.63) is 0 Å². The molecule has 1 rings (SSSR count). The van der Waals surface area contributed by atoms with E-state index in [1.165, 1.54) is 25.7 Å². The molecule has 0 aromatic rings. The third-order valence-corrected chi connectivity index (χ3v) is 4.18. The van der Waals surface area contributed by atoms with Crippen molar-refractivity contribution in [2.45, 2.75) is 58.6 Å². The van der Waals surface area contributed by atoms with Gasteiger partial charge in [-0.1, -0.05) is 33.6 Å². The zero-order chi connectivity index (χ0) is 12.1. The summed E-state index contributed by atoms with van der Waals surface area (Å²) in [6, 6.07) is 0.525. The molecule has 0 aromatic heterocycles. The lowest BCUT2D eigenvalue weighted by Crippen LogP contribution is -2.48. The van der Waals surface area contributed by atoms with Crippen LogP contribution in [0.25, 0.3) is 0 Å². The first-order valence-corrected chi connectivity index (χ1v) is 6.80. The van der Waals surface area contributed by atoms with Gasteiger partial charge in [0.05, 0.1) is 6.10 Å². The smallest absolute Gasteiger partial charge is 0.0749 e. The highest BCUT2D eigenvalue weighted by Gasteiger charge is 2.32. The standard InChI is InChI=1S/C14H29NO/c1-10(2)14(16-5)13(15-4)12-8-6-11(3)7-9-12/h10-15H,6-9H2,1-5H3. The Hall–Kier alpha value is -0.0800. The molecule has 2 nitrogen and oxygen atoms in total. The van der Waals surface area contributed by atoms with Gasteiger partial charge in [-0.3, -0.25) is 0 Å². The van der Waals surface area contributed by atoms with Gasteiger partial charge in [0.25, 0.3) is 0 Å². The summed E-state index contributed by atoms with van der Waals surface area (Å²) < 4.78 is 5.68. The first kappa shape index (κ1) is 14.0. The van der Waals surface area contributed by atoms with E-state index in [9.17, 15) is 0 Å². The molecule has 96 valence electrons. The molecule has 0 aliphatic heterocycles. The maximum atomic E-state index is 5.68. The molecule has 0 bridgehead atoms.